The van der Waals surface area contributed by atoms with E-state index in [1.807, 2.05) is 35.9 Å². The number of alkyl halides is 4. The Morgan fingerprint density at radius 3 is 2.65 bits per heavy atom. The van der Waals surface area contributed by atoms with Crippen LogP contribution >= 0.6 is 0 Å². The van der Waals surface area contributed by atoms with Crippen LogP contribution < -0.4 is 0 Å². The second-order valence-electron chi connectivity index (χ2n) is 10.2. The molecule has 2 atom stereocenters. The van der Waals surface area contributed by atoms with Gasteiger partial charge in [-0.15, -0.1) is 10.2 Å². The van der Waals surface area contributed by atoms with Crippen molar-refractivity contribution in [2.45, 2.75) is 50.5 Å². The number of hydrogen-bond donors (Lipinski definition) is 1. The molecule has 1 saturated heterocycles. The van der Waals surface area contributed by atoms with Crippen LogP contribution in [-0.2, 0) is 19.8 Å². The number of aryl methyl sites for hydroxylation is 1. The summed E-state index contributed by atoms with van der Waals surface area (Å²) < 4.78 is 57.1. The first-order valence-electron chi connectivity index (χ1n) is 12.5. The lowest BCUT2D eigenvalue weighted by Crippen LogP contribution is -2.24. The number of likely N-dealkylation sites (tertiary alicyclic amines) is 1. The molecule has 2 fully saturated rings. The first kappa shape index (κ1) is 24.0. The molecule has 0 amide bonds. The van der Waals surface area contributed by atoms with Gasteiger partial charge in [-0.2, -0.15) is 18.3 Å². The highest BCUT2D eigenvalue weighted by molar-refractivity contribution is 5.94. The van der Waals surface area contributed by atoms with E-state index in [-0.39, 0.29) is 24.7 Å². The van der Waals surface area contributed by atoms with Gasteiger partial charge in [0.15, 0.2) is 0 Å². The fourth-order valence-electron chi connectivity index (χ4n) is 5.56. The molecule has 3 aromatic heterocycles. The van der Waals surface area contributed by atoms with Gasteiger partial charge < -0.3 is 4.57 Å². The number of fused-ring (bicyclic) bond motifs is 1. The van der Waals surface area contributed by atoms with E-state index < -0.39 is 18.0 Å². The van der Waals surface area contributed by atoms with Gasteiger partial charge in [-0.1, -0.05) is 24.6 Å². The number of rotatable bonds is 6. The van der Waals surface area contributed by atoms with Crippen LogP contribution in [0, 0.1) is 5.92 Å². The van der Waals surface area contributed by atoms with Crippen molar-refractivity contribution in [1.82, 2.24) is 34.8 Å². The van der Waals surface area contributed by atoms with Crippen molar-refractivity contribution >= 4 is 10.9 Å². The van der Waals surface area contributed by atoms with Crippen molar-refractivity contribution in [2.24, 2.45) is 13.0 Å². The lowest BCUT2D eigenvalue weighted by molar-refractivity contribution is -0.141. The fraction of sp³-hybridized carbons (Fsp3) is 0.462. The molecule has 1 N–H and O–H groups in total. The van der Waals surface area contributed by atoms with Crippen molar-refractivity contribution in [2.75, 3.05) is 13.1 Å². The summed E-state index contributed by atoms with van der Waals surface area (Å²) in [5.74, 6) is 1.34. The van der Waals surface area contributed by atoms with E-state index in [9.17, 15) is 17.6 Å². The third-order valence-corrected chi connectivity index (χ3v) is 7.67. The summed E-state index contributed by atoms with van der Waals surface area (Å²) in [5, 5.41) is 16.1. The summed E-state index contributed by atoms with van der Waals surface area (Å²) in [5.41, 5.74) is 1.87. The quantitative estimate of drug-likeness (QED) is 0.357. The maximum Gasteiger partial charge on any atom is 0.433 e. The largest absolute Gasteiger partial charge is 0.433 e. The van der Waals surface area contributed by atoms with E-state index >= 15 is 0 Å². The molecule has 1 aromatic carbocycles. The van der Waals surface area contributed by atoms with Crippen LogP contribution in [0.5, 0.6) is 0 Å². The average molecular weight is 514 g/mol. The summed E-state index contributed by atoms with van der Waals surface area (Å²) in [4.78, 5) is 5.71. The molecule has 11 heteroatoms. The number of halogens is 4. The molecular weight excluding hydrogens is 486 g/mol. The fourth-order valence-corrected chi connectivity index (χ4v) is 5.56. The molecule has 4 heterocycles. The number of aromatic amines is 1. The van der Waals surface area contributed by atoms with Gasteiger partial charge in [0.05, 0.1) is 11.2 Å². The number of H-pyrrole nitrogens is 1. The van der Waals surface area contributed by atoms with Crippen LogP contribution in [0.15, 0.2) is 36.7 Å². The SMILES string of the molecule is Cn1cnnc1[C@@H](c1cccc(-c2n[nH]c3c(CN4CC[C@@H](F)C4)nc(C(F)(F)F)cc23)c1)C1CCC1. The molecule has 0 spiro atoms. The zero-order chi connectivity index (χ0) is 25.7. The highest BCUT2D eigenvalue weighted by atomic mass is 19.4. The van der Waals surface area contributed by atoms with E-state index in [1.54, 1.807) is 11.2 Å². The zero-order valence-corrected chi connectivity index (χ0v) is 20.3. The van der Waals surface area contributed by atoms with Gasteiger partial charge in [0, 0.05) is 43.5 Å². The van der Waals surface area contributed by atoms with Crippen LogP contribution in [0.2, 0.25) is 0 Å². The van der Waals surface area contributed by atoms with Crippen LogP contribution in [0.25, 0.3) is 22.2 Å². The minimum absolute atomic E-state index is 0.0400. The van der Waals surface area contributed by atoms with Crippen LogP contribution in [-0.4, -0.2) is 54.1 Å². The third-order valence-electron chi connectivity index (χ3n) is 7.67. The Balaban J connectivity index is 1.43. The van der Waals surface area contributed by atoms with Crippen molar-refractivity contribution in [3.63, 3.8) is 0 Å². The summed E-state index contributed by atoms with van der Waals surface area (Å²) in [7, 11) is 1.92. The molecule has 1 saturated carbocycles. The molecule has 1 aliphatic heterocycles. The second kappa shape index (κ2) is 9.20. The number of nitrogens with zero attached hydrogens (tertiary/aromatic N) is 6. The molecule has 0 radical (unpaired) electrons. The summed E-state index contributed by atoms with van der Waals surface area (Å²) in [6, 6.07) is 8.85. The lowest BCUT2D eigenvalue weighted by atomic mass is 9.72. The molecule has 194 valence electrons. The Bertz CT molecular complexity index is 1420. The van der Waals surface area contributed by atoms with Gasteiger partial charge in [0.1, 0.15) is 29.7 Å². The highest BCUT2D eigenvalue weighted by Crippen LogP contribution is 2.43. The van der Waals surface area contributed by atoms with E-state index in [4.69, 9.17) is 0 Å². The Morgan fingerprint density at radius 2 is 2.00 bits per heavy atom. The normalized spacial score (nSPS) is 20.0. The average Bonchev–Trinajstić information content (AvgIpc) is 3.55. The predicted molar refractivity (Wildman–Crippen MR) is 129 cm³/mol. The minimum atomic E-state index is -4.62. The molecule has 1 aliphatic carbocycles. The first-order chi connectivity index (χ1) is 17.8. The maximum atomic E-state index is 13.8. The number of pyridine rings is 1. The van der Waals surface area contributed by atoms with Crippen LogP contribution in [0.4, 0.5) is 17.6 Å². The van der Waals surface area contributed by atoms with Crippen molar-refractivity contribution < 1.29 is 17.6 Å². The molecule has 6 rings (SSSR count). The van der Waals surface area contributed by atoms with Gasteiger partial charge in [0.2, 0.25) is 0 Å². The standard InChI is InChI=1S/C26H27F4N7/c1-36-14-31-35-25(36)22(15-4-2-5-15)16-6-3-7-17(10-16)23-19-11-21(26(28,29)30)32-20(24(19)34-33-23)13-37-9-8-18(27)12-37/h3,6-7,10-11,14-15,18,22H,2,4-5,8-9,12-13H2,1H3,(H,33,34)/t18-,22-/m1/s1. The van der Waals surface area contributed by atoms with Crippen LogP contribution in [0.3, 0.4) is 0 Å². The van der Waals surface area contributed by atoms with Crippen LogP contribution in [0.1, 0.15) is 54.4 Å². The number of nitrogens with one attached hydrogen (secondary N) is 1. The molecule has 7 nitrogen and oxygen atoms in total. The van der Waals surface area contributed by atoms with E-state index in [0.717, 1.165) is 30.3 Å². The second-order valence-corrected chi connectivity index (χ2v) is 10.2. The van der Waals surface area contributed by atoms with Crippen molar-refractivity contribution in [3.8, 4) is 11.3 Å². The number of hydrogen-bond acceptors (Lipinski definition) is 5. The van der Waals surface area contributed by atoms with Gasteiger partial charge in [0.25, 0.3) is 0 Å². The molecule has 0 unspecified atom stereocenters. The number of benzene rings is 1. The molecule has 37 heavy (non-hydrogen) atoms. The van der Waals surface area contributed by atoms with Gasteiger partial charge in [-0.25, -0.2) is 9.37 Å². The molecule has 0 bridgehead atoms. The molecule has 2 aliphatic rings. The van der Waals surface area contributed by atoms with Gasteiger partial charge >= 0.3 is 6.18 Å². The lowest BCUT2D eigenvalue weighted by Gasteiger charge is -2.33. The maximum absolute atomic E-state index is 13.8. The monoisotopic (exact) mass is 513 g/mol. The minimum Gasteiger partial charge on any atom is -0.320 e. The predicted octanol–water partition coefficient (Wildman–Crippen LogP) is 5.25. The summed E-state index contributed by atoms with van der Waals surface area (Å²) >= 11 is 0. The first-order valence-corrected chi connectivity index (χ1v) is 12.5. The van der Waals surface area contributed by atoms with Crippen molar-refractivity contribution in [3.05, 3.63) is 59.4 Å². The molecular formula is C26H27F4N7. The topological polar surface area (TPSA) is 75.5 Å². The van der Waals surface area contributed by atoms with E-state index in [2.05, 4.69) is 25.4 Å². The van der Waals surface area contributed by atoms with E-state index in [1.165, 1.54) is 6.42 Å². The van der Waals surface area contributed by atoms with Gasteiger partial charge in [-0.05, 0) is 42.9 Å². The Hall–Kier alpha value is -3.34. The Morgan fingerprint density at radius 1 is 1.16 bits per heavy atom. The third kappa shape index (κ3) is 4.49. The summed E-state index contributed by atoms with van der Waals surface area (Å²) in [6.45, 7) is 0.791. The summed E-state index contributed by atoms with van der Waals surface area (Å²) in [6.07, 6.45) is -0.187. The van der Waals surface area contributed by atoms with E-state index in [0.29, 0.717) is 41.0 Å². The number of aromatic nitrogens is 6. The van der Waals surface area contributed by atoms with Gasteiger partial charge in [-0.3, -0.25) is 10.00 Å². The Kier molecular flexibility index (Phi) is 5.97. The van der Waals surface area contributed by atoms with Crippen molar-refractivity contribution in [1.29, 1.82) is 0 Å². The Labute approximate surface area is 210 Å². The smallest absolute Gasteiger partial charge is 0.320 e. The highest BCUT2D eigenvalue weighted by Gasteiger charge is 2.36. The zero-order valence-electron chi connectivity index (χ0n) is 20.3. The molecule has 4 aromatic rings.